The minimum absolute atomic E-state index is 0.142. The van der Waals surface area contributed by atoms with Crippen LogP contribution in [-0.2, 0) is 9.53 Å². The molecule has 29 heavy (non-hydrogen) atoms. The Morgan fingerprint density at radius 3 is 2.24 bits per heavy atom. The number of amides is 2. The molecule has 3 aliphatic rings. The van der Waals surface area contributed by atoms with E-state index >= 15 is 0 Å². The monoisotopic (exact) mass is 424 g/mol. The largest absolute Gasteiger partial charge is 0.490 e. The number of fused-ring (bicyclic) bond motifs is 1. The summed E-state index contributed by atoms with van der Waals surface area (Å²) < 4.78 is 37.8. The topological polar surface area (TPSA) is 76.6 Å². The summed E-state index contributed by atoms with van der Waals surface area (Å²) >= 11 is 0. The van der Waals surface area contributed by atoms with E-state index in [0.29, 0.717) is 17.9 Å². The third-order valence-electron chi connectivity index (χ3n) is 5.74. The maximum atomic E-state index is 12.2. The molecule has 0 spiro atoms. The Labute approximate surface area is 169 Å². The fourth-order valence-electron chi connectivity index (χ4n) is 3.96. The third kappa shape index (κ3) is 6.71. The fourth-order valence-corrected chi connectivity index (χ4v) is 3.96. The number of urea groups is 1. The molecule has 0 unspecified atom stereocenters. The highest BCUT2D eigenvalue weighted by atomic mass is 19.4. The van der Waals surface area contributed by atoms with Crippen LogP contribution < -0.4 is 0 Å². The van der Waals surface area contributed by atoms with E-state index in [9.17, 15) is 18.0 Å². The molecule has 8 nitrogen and oxygen atoms in total. The maximum absolute atomic E-state index is 12.2. The van der Waals surface area contributed by atoms with Gasteiger partial charge in [-0.25, -0.2) is 9.59 Å². The summed E-state index contributed by atoms with van der Waals surface area (Å²) in [5.41, 5.74) is 0. The number of rotatable bonds is 2. The van der Waals surface area contributed by atoms with Crippen molar-refractivity contribution >= 4 is 12.0 Å². The van der Waals surface area contributed by atoms with Crippen molar-refractivity contribution in [2.45, 2.75) is 18.7 Å². The first-order valence-electron chi connectivity index (χ1n) is 9.78. The van der Waals surface area contributed by atoms with Gasteiger partial charge in [0.25, 0.3) is 0 Å². The van der Waals surface area contributed by atoms with Crippen molar-refractivity contribution in [3.63, 3.8) is 0 Å². The minimum Gasteiger partial charge on any atom is -0.475 e. The van der Waals surface area contributed by atoms with Crippen molar-refractivity contribution in [2.75, 3.05) is 73.6 Å². The predicted molar refractivity (Wildman–Crippen MR) is 99.6 cm³/mol. The fraction of sp³-hybridized carbons (Fsp3) is 0.889. The number of piperidine rings is 1. The van der Waals surface area contributed by atoms with Gasteiger partial charge < -0.3 is 24.5 Å². The van der Waals surface area contributed by atoms with Gasteiger partial charge in [-0.05, 0) is 19.4 Å². The number of hydrogen-bond donors (Lipinski definition) is 1. The Kier molecular flexibility index (Phi) is 8.12. The number of likely N-dealkylation sites (N-methyl/N-ethyl adjacent to an activating group) is 1. The number of carbonyl (C=O) groups is 2. The number of alkyl halides is 3. The highest BCUT2D eigenvalue weighted by Gasteiger charge is 2.43. The lowest BCUT2D eigenvalue weighted by Crippen LogP contribution is -2.52. The number of hydrogen-bond acceptors (Lipinski definition) is 5. The molecule has 1 N–H and O–H groups in total. The van der Waals surface area contributed by atoms with Crippen LogP contribution in [-0.4, -0.2) is 123 Å². The molecular weight excluding hydrogens is 393 g/mol. The Bertz CT molecular complexity index is 568. The number of carbonyl (C=O) groups excluding carboxylic acids is 1. The highest BCUT2D eigenvalue weighted by molar-refractivity contribution is 5.74. The van der Waals surface area contributed by atoms with Gasteiger partial charge in [-0.3, -0.25) is 4.90 Å². The molecule has 0 aromatic carbocycles. The standard InChI is InChI=1S/C16H30N4O2.C2HF3O2/c1-17(2)16(21)20-5-4-13-12-22-15(14(13)10-20)11-19-8-6-18(3)7-9-19;3-2(4,5)1(6)7/h13-15H,4-12H2,1-3H3;(H,6,7)/t13-,14-,15+;/m0./s1. The maximum Gasteiger partial charge on any atom is 0.490 e. The highest BCUT2D eigenvalue weighted by Crippen LogP contribution is 2.35. The minimum atomic E-state index is -5.08. The van der Waals surface area contributed by atoms with Gasteiger partial charge in [0.1, 0.15) is 0 Å². The van der Waals surface area contributed by atoms with Crippen LogP contribution >= 0.6 is 0 Å². The summed E-state index contributed by atoms with van der Waals surface area (Å²) in [6, 6.07) is 0.142. The second-order valence-corrected chi connectivity index (χ2v) is 8.11. The molecule has 11 heteroatoms. The number of piperazine rings is 1. The molecular formula is C18H31F3N4O4. The lowest BCUT2D eigenvalue weighted by molar-refractivity contribution is -0.192. The van der Waals surface area contributed by atoms with Crippen LogP contribution in [0.25, 0.3) is 0 Å². The number of aliphatic carboxylic acids is 1. The van der Waals surface area contributed by atoms with E-state index in [1.165, 1.54) is 0 Å². The van der Waals surface area contributed by atoms with Crippen LogP contribution in [0.4, 0.5) is 18.0 Å². The van der Waals surface area contributed by atoms with Crippen molar-refractivity contribution in [2.24, 2.45) is 11.8 Å². The molecule has 3 fully saturated rings. The number of carboxylic acids is 1. The molecule has 0 aliphatic carbocycles. The van der Waals surface area contributed by atoms with Crippen molar-refractivity contribution in [3.8, 4) is 0 Å². The average Bonchev–Trinajstić information content (AvgIpc) is 3.04. The Hall–Kier alpha value is -1.59. The second kappa shape index (κ2) is 9.94. The molecule has 0 saturated carbocycles. The van der Waals surface area contributed by atoms with Crippen LogP contribution in [0.5, 0.6) is 0 Å². The zero-order chi connectivity index (χ0) is 21.8. The molecule has 3 saturated heterocycles. The normalized spacial score (nSPS) is 28.3. The summed E-state index contributed by atoms with van der Waals surface area (Å²) in [5, 5.41) is 7.12. The molecule has 0 aromatic heterocycles. The van der Waals surface area contributed by atoms with Gasteiger partial charge in [0.15, 0.2) is 0 Å². The van der Waals surface area contributed by atoms with Gasteiger partial charge in [0.05, 0.1) is 12.7 Å². The summed E-state index contributed by atoms with van der Waals surface area (Å²) in [4.78, 5) is 29.7. The van der Waals surface area contributed by atoms with E-state index in [-0.39, 0.29) is 6.03 Å². The third-order valence-corrected chi connectivity index (χ3v) is 5.74. The van der Waals surface area contributed by atoms with E-state index in [0.717, 1.165) is 58.8 Å². The van der Waals surface area contributed by atoms with Crippen molar-refractivity contribution in [1.82, 2.24) is 19.6 Å². The summed E-state index contributed by atoms with van der Waals surface area (Å²) in [7, 11) is 5.86. The quantitative estimate of drug-likeness (QED) is 0.710. The van der Waals surface area contributed by atoms with Gasteiger partial charge in [-0.2, -0.15) is 13.2 Å². The Balaban J connectivity index is 0.000000370. The summed E-state index contributed by atoms with van der Waals surface area (Å²) in [5.74, 6) is -1.60. The number of carboxylic acid groups (broad SMARTS) is 1. The zero-order valence-corrected chi connectivity index (χ0v) is 17.2. The van der Waals surface area contributed by atoms with E-state index < -0.39 is 12.1 Å². The SMILES string of the molecule is CN1CCN(C[C@H]2OC[C@@H]3CCN(C(=O)N(C)C)C[C@@H]32)CC1.O=C(O)C(F)(F)F. The number of ether oxygens (including phenoxy) is 1. The first-order chi connectivity index (χ1) is 13.5. The molecule has 3 heterocycles. The van der Waals surface area contributed by atoms with Gasteiger partial charge in [0, 0.05) is 65.8 Å². The number of halogens is 3. The van der Waals surface area contributed by atoms with Crippen LogP contribution in [0.2, 0.25) is 0 Å². The average molecular weight is 424 g/mol. The van der Waals surface area contributed by atoms with Gasteiger partial charge >= 0.3 is 18.2 Å². The van der Waals surface area contributed by atoms with Gasteiger partial charge in [-0.1, -0.05) is 0 Å². The first-order valence-corrected chi connectivity index (χ1v) is 9.78. The van der Waals surface area contributed by atoms with E-state index in [1.807, 2.05) is 19.0 Å². The van der Waals surface area contributed by atoms with E-state index in [1.54, 1.807) is 4.90 Å². The van der Waals surface area contributed by atoms with Crippen molar-refractivity contribution < 1.29 is 32.6 Å². The molecule has 0 bridgehead atoms. The first kappa shape index (κ1) is 23.7. The van der Waals surface area contributed by atoms with Crippen LogP contribution in [0.3, 0.4) is 0 Å². The van der Waals surface area contributed by atoms with Crippen LogP contribution in [0, 0.1) is 11.8 Å². The molecule has 0 radical (unpaired) electrons. The van der Waals surface area contributed by atoms with E-state index in [4.69, 9.17) is 14.6 Å². The van der Waals surface area contributed by atoms with Crippen molar-refractivity contribution in [3.05, 3.63) is 0 Å². The zero-order valence-electron chi connectivity index (χ0n) is 17.2. The van der Waals surface area contributed by atoms with Gasteiger partial charge in [-0.15, -0.1) is 0 Å². The lowest BCUT2D eigenvalue weighted by atomic mass is 9.84. The predicted octanol–water partition coefficient (Wildman–Crippen LogP) is 0.886. The lowest BCUT2D eigenvalue weighted by Gasteiger charge is -2.39. The second-order valence-electron chi connectivity index (χ2n) is 8.11. The molecule has 3 atom stereocenters. The van der Waals surface area contributed by atoms with Gasteiger partial charge in [0.2, 0.25) is 0 Å². The summed E-state index contributed by atoms with van der Waals surface area (Å²) in [6.45, 7) is 8.20. The molecule has 0 aromatic rings. The Morgan fingerprint density at radius 1 is 1.14 bits per heavy atom. The smallest absolute Gasteiger partial charge is 0.475 e. The number of nitrogens with zero attached hydrogens (tertiary/aromatic N) is 4. The molecule has 3 aliphatic heterocycles. The number of likely N-dealkylation sites (tertiary alicyclic amines) is 1. The van der Waals surface area contributed by atoms with Crippen molar-refractivity contribution in [1.29, 1.82) is 0 Å². The molecule has 3 rings (SSSR count). The summed E-state index contributed by atoms with van der Waals surface area (Å²) in [6.07, 6.45) is -3.70. The van der Waals surface area contributed by atoms with Crippen LogP contribution in [0.1, 0.15) is 6.42 Å². The Morgan fingerprint density at radius 2 is 1.72 bits per heavy atom. The van der Waals surface area contributed by atoms with E-state index in [2.05, 4.69) is 16.8 Å². The molecule has 2 amide bonds. The van der Waals surface area contributed by atoms with Crippen LogP contribution in [0.15, 0.2) is 0 Å². The molecule has 168 valence electrons.